The SMILES string of the molecule is CC.CC.CC=O.COC1CC[C@@]2(C)C(=CCC3C4CCC(CCCCC(C)C)C4(C)CCC32)C1. The number of carbonyl (C=O) groups excluding carboxylic acids is 1. The minimum atomic E-state index is 0.478. The zero-order valence-corrected chi connectivity index (χ0v) is 25.4. The Balaban J connectivity index is 0.000000797. The molecule has 3 saturated carbocycles. The number of rotatable bonds is 6. The quantitative estimate of drug-likeness (QED) is 0.210. The molecular formula is C33H62O2. The molecule has 35 heavy (non-hydrogen) atoms. The summed E-state index contributed by atoms with van der Waals surface area (Å²) in [6.07, 6.45) is 21.0. The van der Waals surface area contributed by atoms with Crippen molar-refractivity contribution in [3.05, 3.63) is 11.6 Å². The van der Waals surface area contributed by atoms with Crippen LogP contribution in [0.4, 0.5) is 0 Å². The fraction of sp³-hybridized carbons (Fsp3) is 0.909. The van der Waals surface area contributed by atoms with Crippen molar-refractivity contribution in [3.8, 4) is 0 Å². The van der Waals surface area contributed by atoms with Gasteiger partial charge < -0.3 is 9.53 Å². The largest absolute Gasteiger partial charge is 0.381 e. The van der Waals surface area contributed by atoms with Crippen LogP contribution in [0.5, 0.6) is 0 Å². The van der Waals surface area contributed by atoms with Gasteiger partial charge in [0.15, 0.2) is 0 Å². The van der Waals surface area contributed by atoms with Gasteiger partial charge in [0.2, 0.25) is 0 Å². The van der Waals surface area contributed by atoms with Gasteiger partial charge in [-0.1, -0.05) is 86.3 Å². The Morgan fingerprint density at radius 2 is 1.66 bits per heavy atom. The van der Waals surface area contributed by atoms with Crippen molar-refractivity contribution in [2.75, 3.05) is 7.11 Å². The molecule has 0 spiro atoms. The van der Waals surface area contributed by atoms with Crippen LogP contribution in [0.3, 0.4) is 0 Å². The molecule has 0 heterocycles. The fourth-order valence-corrected chi connectivity index (χ4v) is 8.36. The topological polar surface area (TPSA) is 26.3 Å². The molecular weight excluding hydrogens is 428 g/mol. The summed E-state index contributed by atoms with van der Waals surface area (Å²) in [5.41, 5.74) is 2.89. The average Bonchev–Trinajstić information content (AvgIpc) is 3.20. The summed E-state index contributed by atoms with van der Waals surface area (Å²) in [7, 11) is 1.91. The first-order chi connectivity index (χ1) is 16.8. The molecule has 0 aromatic heterocycles. The van der Waals surface area contributed by atoms with Gasteiger partial charge in [0.1, 0.15) is 6.29 Å². The molecule has 6 unspecified atom stereocenters. The van der Waals surface area contributed by atoms with E-state index in [0.29, 0.717) is 16.9 Å². The highest BCUT2D eigenvalue weighted by molar-refractivity contribution is 5.44. The van der Waals surface area contributed by atoms with Gasteiger partial charge >= 0.3 is 0 Å². The molecule has 7 atom stereocenters. The third kappa shape index (κ3) is 7.45. The summed E-state index contributed by atoms with van der Waals surface area (Å²) in [5.74, 6) is 4.79. The molecule has 4 aliphatic rings. The normalized spacial score (nSPS) is 37.0. The molecule has 0 saturated heterocycles. The Labute approximate surface area is 220 Å². The van der Waals surface area contributed by atoms with Gasteiger partial charge in [-0.3, -0.25) is 0 Å². The van der Waals surface area contributed by atoms with Gasteiger partial charge in [-0.25, -0.2) is 0 Å². The summed E-state index contributed by atoms with van der Waals surface area (Å²) >= 11 is 0. The highest BCUT2D eigenvalue weighted by Gasteiger charge is 2.58. The number of methoxy groups -OCH3 is 1. The van der Waals surface area contributed by atoms with E-state index < -0.39 is 0 Å². The molecule has 0 radical (unpaired) electrons. The van der Waals surface area contributed by atoms with Gasteiger partial charge in [0.25, 0.3) is 0 Å². The van der Waals surface area contributed by atoms with E-state index in [1.54, 1.807) is 5.57 Å². The van der Waals surface area contributed by atoms with E-state index in [2.05, 4.69) is 33.8 Å². The Bertz CT molecular complexity index is 623. The predicted molar refractivity (Wildman–Crippen MR) is 154 cm³/mol. The Kier molecular flexibility index (Phi) is 14.4. The highest BCUT2D eigenvalue weighted by Crippen LogP contribution is 2.66. The van der Waals surface area contributed by atoms with Gasteiger partial charge in [0.05, 0.1) is 6.10 Å². The van der Waals surface area contributed by atoms with Crippen LogP contribution < -0.4 is 0 Å². The van der Waals surface area contributed by atoms with Gasteiger partial charge in [0, 0.05) is 7.11 Å². The van der Waals surface area contributed by atoms with Gasteiger partial charge in [-0.15, -0.1) is 0 Å². The maximum Gasteiger partial charge on any atom is 0.116 e. The second-order valence-corrected chi connectivity index (χ2v) is 12.1. The first-order valence-corrected chi connectivity index (χ1v) is 15.4. The molecule has 2 nitrogen and oxygen atoms in total. The second-order valence-electron chi connectivity index (χ2n) is 12.1. The molecule has 206 valence electrons. The molecule has 4 rings (SSSR count). The van der Waals surface area contributed by atoms with Crippen LogP contribution >= 0.6 is 0 Å². The maximum atomic E-state index is 8.81. The van der Waals surface area contributed by atoms with E-state index in [1.165, 1.54) is 84.0 Å². The molecule has 0 aromatic rings. The monoisotopic (exact) mass is 490 g/mol. The first-order valence-electron chi connectivity index (χ1n) is 15.4. The van der Waals surface area contributed by atoms with E-state index in [4.69, 9.17) is 9.53 Å². The van der Waals surface area contributed by atoms with Crippen LogP contribution in [0.25, 0.3) is 0 Å². The minimum Gasteiger partial charge on any atom is -0.381 e. The van der Waals surface area contributed by atoms with Crippen molar-refractivity contribution in [2.24, 2.45) is 40.4 Å². The van der Waals surface area contributed by atoms with Crippen molar-refractivity contribution in [1.29, 1.82) is 0 Å². The highest BCUT2D eigenvalue weighted by atomic mass is 16.5. The molecule has 0 amide bonds. The third-order valence-electron chi connectivity index (χ3n) is 10.2. The summed E-state index contributed by atoms with van der Waals surface area (Å²) in [5, 5.41) is 0. The summed E-state index contributed by atoms with van der Waals surface area (Å²) in [6.45, 7) is 19.5. The molecule has 4 aliphatic carbocycles. The average molecular weight is 491 g/mol. The minimum absolute atomic E-state index is 0.478. The van der Waals surface area contributed by atoms with Crippen molar-refractivity contribution in [3.63, 3.8) is 0 Å². The maximum absolute atomic E-state index is 8.81. The zero-order chi connectivity index (χ0) is 26.6. The first kappa shape index (κ1) is 32.4. The van der Waals surface area contributed by atoms with Gasteiger partial charge in [-0.05, 0) is 105 Å². The molecule has 0 aromatic carbocycles. The van der Waals surface area contributed by atoms with Crippen molar-refractivity contribution < 1.29 is 9.53 Å². The van der Waals surface area contributed by atoms with Crippen LogP contribution in [0.2, 0.25) is 0 Å². The van der Waals surface area contributed by atoms with Crippen LogP contribution in [0.1, 0.15) is 139 Å². The zero-order valence-electron chi connectivity index (χ0n) is 25.4. The molecule has 3 fully saturated rings. The number of unbranched alkanes of at least 4 members (excludes halogenated alkanes) is 1. The standard InChI is InChI=1S/C27H46O.C2H4O.2C2H6/c1-19(2)8-6-7-9-20-11-13-24-23-12-10-21-18-22(28-5)14-16-27(21,4)25(23)15-17-26(20,24)3;1-2-3;2*1-2/h10,19-20,22-25H,6-9,11-18H2,1-5H3;2H,1H3;2*1-2H3/t20?,22?,23?,24?,25?,26?,27-;;;/m0.../s1. The van der Waals surface area contributed by atoms with Gasteiger partial charge in [-0.2, -0.15) is 0 Å². The van der Waals surface area contributed by atoms with Crippen LogP contribution in [0.15, 0.2) is 11.6 Å². The van der Waals surface area contributed by atoms with E-state index in [9.17, 15) is 0 Å². The lowest BCUT2D eigenvalue weighted by Crippen LogP contribution is -2.50. The lowest BCUT2D eigenvalue weighted by molar-refractivity contribution is -0.106. The van der Waals surface area contributed by atoms with E-state index >= 15 is 0 Å². The molecule has 0 N–H and O–H groups in total. The van der Waals surface area contributed by atoms with Crippen molar-refractivity contribution >= 4 is 6.29 Å². The lowest BCUT2D eigenvalue weighted by Gasteiger charge is -2.58. The van der Waals surface area contributed by atoms with E-state index in [0.717, 1.165) is 35.9 Å². The Morgan fingerprint density at radius 3 is 2.26 bits per heavy atom. The number of fused-ring (bicyclic) bond motifs is 5. The van der Waals surface area contributed by atoms with Crippen molar-refractivity contribution in [1.82, 2.24) is 0 Å². The number of hydrogen-bond acceptors (Lipinski definition) is 2. The number of hydrogen-bond donors (Lipinski definition) is 0. The Morgan fingerprint density at radius 1 is 1.00 bits per heavy atom. The van der Waals surface area contributed by atoms with Crippen LogP contribution in [-0.4, -0.2) is 19.5 Å². The van der Waals surface area contributed by atoms with E-state index in [-0.39, 0.29) is 0 Å². The smallest absolute Gasteiger partial charge is 0.116 e. The summed E-state index contributed by atoms with van der Waals surface area (Å²) in [4.78, 5) is 8.81. The summed E-state index contributed by atoms with van der Waals surface area (Å²) < 4.78 is 5.74. The van der Waals surface area contributed by atoms with Crippen LogP contribution in [0, 0.1) is 40.4 Å². The molecule has 2 heteroatoms. The molecule has 0 aliphatic heterocycles. The van der Waals surface area contributed by atoms with Crippen LogP contribution in [-0.2, 0) is 9.53 Å². The Hall–Kier alpha value is -0.630. The number of ether oxygens (including phenoxy) is 1. The number of aldehydes is 1. The summed E-state index contributed by atoms with van der Waals surface area (Å²) in [6, 6.07) is 0. The lowest BCUT2D eigenvalue weighted by atomic mass is 9.47. The molecule has 0 bridgehead atoms. The second kappa shape index (κ2) is 15.6. The van der Waals surface area contributed by atoms with Crippen molar-refractivity contribution in [2.45, 2.75) is 145 Å². The number of allylic oxidation sites excluding steroid dienone is 1. The number of carbonyl (C=O) groups is 1. The fourth-order valence-electron chi connectivity index (χ4n) is 8.36. The van der Waals surface area contributed by atoms with E-state index in [1.807, 2.05) is 34.8 Å². The third-order valence-corrected chi connectivity index (χ3v) is 10.2. The predicted octanol–water partition coefficient (Wildman–Crippen LogP) is 10.1.